The van der Waals surface area contributed by atoms with Crippen molar-refractivity contribution in [1.29, 1.82) is 0 Å². The van der Waals surface area contributed by atoms with Crippen molar-refractivity contribution < 1.29 is 4.74 Å². The van der Waals surface area contributed by atoms with Gasteiger partial charge in [0.1, 0.15) is 17.4 Å². The number of pyridine rings is 1. The highest BCUT2D eigenvalue weighted by Gasteiger charge is 2.17. The van der Waals surface area contributed by atoms with Crippen LogP contribution in [0.25, 0.3) is 10.9 Å². The maximum absolute atomic E-state index is 6.27. The van der Waals surface area contributed by atoms with Crippen molar-refractivity contribution in [2.75, 3.05) is 6.54 Å². The standard InChI is InChI=1S/C18H26N2O/c1-12(2)17(11-19-13(3)4)21-16-8-6-7-15-10-9-14(5)20-18(15)16/h6-10,12-13,17,19H,11H2,1-5H3. The SMILES string of the molecule is Cc1ccc2cccc(OC(CNC(C)C)C(C)C)c2n1. The van der Waals surface area contributed by atoms with Gasteiger partial charge < -0.3 is 10.1 Å². The van der Waals surface area contributed by atoms with E-state index in [1.807, 2.05) is 25.1 Å². The van der Waals surface area contributed by atoms with Gasteiger partial charge in [0.2, 0.25) is 0 Å². The van der Waals surface area contributed by atoms with Crippen LogP contribution in [0.4, 0.5) is 0 Å². The van der Waals surface area contributed by atoms with Crippen LogP contribution in [0.1, 0.15) is 33.4 Å². The van der Waals surface area contributed by atoms with E-state index < -0.39 is 0 Å². The Morgan fingerprint density at radius 1 is 1.10 bits per heavy atom. The molecule has 1 heterocycles. The summed E-state index contributed by atoms with van der Waals surface area (Å²) in [6, 6.07) is 10.7. The lowest BCUT2D eigenvalue weighted by Crippen LogP contribution is -2.38. The topological polar surface area (TPSA) is 34.1 Å². The second-order valence-electron chi connectivity index (χ2n) is 6.24. The number of nitrogens with one attached hydrogen (secondary N) is 1. The van der Waals surface area contributed by atoms with E-state index in [1.54, 1.807) is 0 Å². The molecular weight excluding hydrogens is 260 g/mol. The molecule has 3 nitrogen and oxygen atoms in total. The fraction of sp³-hybridized carbons (Fsp3) is 0.500. The number of nitrogens with zero attached hydrogens (tertiary/aromatic N) is 1. The van der Waals surface area contributed by atoms with E-state index in [0.717, 1.165) is 28.9 Å². The Labute approximate surface area is 127 Å². The molecule has 1 atom stereocenters. The summed E-state index contributed by atoms with van der Waals surface area (Å²) < 4.78 is 6.27. The third-order valence-corrected chi connectivity index (χ3v) is 3.57. The van der Waals surface area contributed by atoms with Crippen molar-refractivity contribution >= 4 is 10.9 Å². The van der Waals surface area contributed by atoms with Crippen LogP contribution in [0.15, 0.2) is 30.3 Å². The Bertz CT molecular complexity index is 593. The quantitative estimate of drug-likeness (QED) is 0.873. The maximum atomic E-state index is 6.27. The molecule has 0 radical (unpaired) electrons. The van der Waals surface area contributed by atoms with Crippen molar-refractivity contribution in [2.24, 2.45) is 5.92 Å². The van der Waals surface area contributed by atoms with Crippen LogP contribution < -0.4 is 10.1 Å². The summed E-state index contributed by atoms with van der Waals surface area (Å²) in [5, 5.41) is 4.58. The molecule has 1 aromatic heterocycles. The largest absolute Gasteiger partial charge is 0.487 e. The van der Waals surface area contributed by atoms with Gasteiger partial charge in [-0.1, -0.05) is 45.9 Å². The Morgan fingerprint density at radius 2 is 1.86 bits per heavy atom. The number of benzene rings is 1. The van der Waals surface area contributed by atoms with E-state index in [9.17, 15) is 0 Å². The van der Waals surface area contributed by atoms with Crippen molar-refractivity contribution in [3.8, 4) is 5.75 Å². The van der Waals surface area contributed by atoms with Gasteiger partial charge in [0.25, 0.3) is 0 Å². The first kappa shape index (κ1) is 15.8. The van der Waals surface area contributed by atoms with Crippen LogP contribution in [-0.4, -0.2) is 23.7 Å². The predicted molar refractivity (Wildman–Crippen MR) is 88.9 cm³/mol. The minimum absolute atomic E-state index is 0.139. The van der Waals surface area contributed by atoms with E-state index in [4.69, 9.17) is 4.74 Å². The number of ether oxygens (including phenoxy) is 1. The van der Waals surface area contributed by atoms with Crippen molar-refractivity contribution in [3.05, 3.63) is 36.0 Å². The summed E-state index contributed by atoms with van der Waals surface area (Å²) in [5.74, 6) is 1.32. The zero-order chi connectivity index (χ0) is 15.4. The number of aromatic nitrogens is 1. The highest BCUT2D eigenvalue weighted by Crippen LogP contribution is 2.26. The summed E-state index contributed by atoms with van der Waals surface area (Å²) >= 11 is 0. The van der Waals surface area contributed by atoms with Crippen LogP contribution in [0.3, 0.4) is 0 Å². The van der Waals surface area contributed by atoms with Crippen LogP contribution in [0.5, 0.6) is 5.75 Å². The van der Waals surface area contributed by atoms with Crippen LogP contribution >= 0.6 is 0 Å². The van der Waals surface area contributed by atoms with Gasteiger partial charge in [0.15, 0.2) is 0 Å². The molecule has 21 heavy (non-hydrogen) atoms. The van der Waals surface area contributed by atoms with Crippen LogP contribution in [0, 0.1) is 12.8 Å². The number of hydrogen-bond acceptors (Lipinski definition) is 3. The Balaban J connectivity index is 2.25. The average molecular weight is 286 g/mol. The number of rotatable bonds is 6. The molecule has 0 bridgehead atoms. The van der Waals surface area contributed by atoms with E-state index in [1.165, 1.54) is 0 Å². The summed E-state index contributed by atoms with van der Waals surface area (Å²) in [5.41, 5.74) is 1.97. The molecule has 1 aromatic carbocycles. The number of fused-ring (bicyclic) bond motifs is 1. The van der Waals surface area contributed by atoms with E-state index in [0.29, 0.717) is 12.0 Å². The fourth-order valence-electron chi connectivity index (χ4n) is 2.24. The van der Waals surface area contributed by atoms with E-state index in [-0.39, 0.29) is 6.10 Å². The molecule has 0 amide bonds. The third-order valence-electron chi connectivity index (χ3n) is 3.57. The first-order chi connectivity index (χ1) is 9.97. The van der Waals surface area contributed by atoms with Gasteiger partial charge in [-0.15, -0.1) is 0 Å². The van der Waals surface area contributed by atoms with Crippen molar-refractivity contribution in [1.82, 2.24) is 10.3 Å². The Hall–Kier alpha value is -1.61. The molecule has 0 aliphatic carbocycles. The zero-order valence-electron chi connectivity index (χ0n) is 13.7. The fourth-order valence-corrected chi connectivity index (χ4v) is 2.24. The number of aryl methyl sites for hydroxylation is 1. The van der Waals surface area contributed by atoms with Crippen molar-refractivity contribution in [2.45, 2.75) is 46.8 Å². The Kier molecular flexibility index (Phi) is 5.18. The first-order valence-corrected chi connectivity index (χ1v) is 7.73. The molecule has 3 heteroatoms. The lowest BCUT2D eigenvalue weighted by Gasteiger charge is -2.24. The minimum Gasteiger partial charge on any atom is -0.487 e. The third kappa shape index (κ3) is 4.18. The highest BCUT2D eigenvalue weighted by atomic mass is 16.5. The molecule has 0 saturated carbocycles. The second-order valence-corrected chi connectivity index (χ2v) is 6.24. The smallest absolute Gasteiger partial charge is 0.146 e. The summed E-state index contributed by atoms with van der Waals surface area (Å²) in [7, 11) is 0. The van der Waals surface area contributed by atoms with Gasteiger partial charge in [-0.2, -0.15) is 0 Å². The number of para-hydroxylation sites is 1. The molecule has 0 aliphatic rings. The highest BCUT2D eigenvalue weighted by molar-refractivity contribution is 5.84. The summed E-state index contributed by atoms with van der Waals surface area (Å²) in [6.45, 7) is 11.5. The van der Waals surface area contributed by atoms with Gasteiger partial charge in [0, 0.05) is 23.7 Å². The molecule has 0 spiro atoms. The molecule has 0 aliphatic heterocycles. The lowest BCUT2D eigenvalue weighted by molar-refractivity contribution is 0.148. The zero-order valence-corrected chi connectivity index (χ0v) is 13.7. The van der Waals surface area contributed by atoms with Gasteiger partial charge in [-0.3, -0.25) is 0 Å². The molecule has 0 saturated heterocycles. The minimum atomic E-state index is 0.139. The molecular formula is C18H26N2O. The molecule has 2 aromatic rings. The summed E-state index contributed by atoms with van der Waals surface area (Å²) in [6.07, 6.45) is 0.139. The van der Waals surface area contributed by atoms with Gasteiger partial charge in [-0.05, 0) is 25.0 Å². The van der Waals surface area contributed by atoms with Gasteiger partial charge in [0.05, 0.1) is 0 Å². The molecule has 2 rings (SSSR count). The second kappa shape index (κ2) is 6.90. The van der Waals surface area contributed by atoms with Gasteiger partial charge in [-0.25, -0.2) is 4.98 Å². The normalized spacial score (nSPS) is 13.1. The van der Waals surface area contributed by atoms with E-state index in [2.05, 4.69) is 50.1 Å². The lowest BCUT2D eigenvalue weighted by atomic mass is 10.1. The van der Waals surface area contributed by atoms with E-state index >= 15 is 0 Å². The van der Waals surface area contributed by atoms with Crippen LogP contribution in [-0.2, 0) is 0 Å². The average Bonchev–Trinajstić information content (AvgIpc) is 2.43. The molecule has 114 valence electrons. The Morgan fingerprint density at radius 3 is 2.52 bits per heavy atom. The van der Waals surface area contributed by atoms with Crippen molar-refractivity contribution in [3.63, 3.8) is 0 Å². The monoisotopic (exact) mass is 286 g/mol. The molecule has 1 N–H and O–H groups in total. The maximum Gasteiger partial charge on any atom is 0.146 e. The van der Waals surface area contributed by atoms with Crippen LogP contribution in [0.2, 0.25) is 0 Å². The molecule has 1 unspecified atom stereocenters. The molecule has 0 fully saturated rings. The first-order valence-electron chi connectivity index (χ1n) is 7.73. The predicted octanol–water partition coefficient (Wildman–Crippen LogP) is 3.94. The summed E-state index contributed by atoms with van der Waals surface area (Å²) in [4.78, 5) is 4.64. The number of hydrogen-bond donors (Lipinski definition) is 1. The van der Waals surface area contributed by atoms with Gasteiger partial charge >= 0.3 is 0 Å².